The van der Waals surface area contributed by atoms with Gasteiger partial charge in [-0.1, -0.05) is 15.9 Å². The Kier molecular flexibility index (Phi) is 5.74. The molecule has 30 heavy (non-hydrogen) atoms. The van der Waals surface area contributed by atoms with Crippen molar-refractivity contribution in [2.75, 3.05) is 18.2 Å². The molecule has 0 N–H and O–H groups in total. The summed E-state index contributed by atoms with van der Waals surface area (Å²) < 4.78 is 44.1. The molecule has 6 nitrogen and oxygen atoms in total. The number of pyridine rings is 1. The molecule has 0 unspecified atom stereocenters. The molecule has 1 amide bonds. The van der Waals surface area contributed by atoms with Crippen LogP contribution in [-0.4, -0.2) is 50.1 Å². The van der Waals surface area contributed by atoms with Crippen LogP contribution in [0.25, 0.3) is 16.9 Å². The lowest BCUT2D eigenvalue weighted by atomic mass is 10.1. The van der Waals surface area contributed by atoms with Gasteiger partial charge in [0.05, 0.1) is 23.5 Å². The van der Waals surface area contributed by atoms with E-state index in [2.05, 4.69) is 30.7 Å². The Labute approximate surface area is 182 Å². The fourth-order valence-corrected chi connectivity index (χ4v) is 4.42. The molecular weight excluding hydrogens is 485 g/mol. The molecule has 0 spiro atoms. The molecule has 3 aromatic rings. The summed E-state index contributed by atoms with van der Waals surface area (Å²) in [5, 5.41) is 4.43. The Morgan fingerprint density at radius 3 is 2.73 bits per heavy atom. The minimum Gasteiger partial charge on any atom is -0.406 e. The van der Waals surface area contributed by atoms with Gasteiger partial charge in [0.25, 0.3) is 5.91 Å². The molecule has 0 atom stereocenters. The SMILES string of the molecule is O=C(c1cc(-c2cc(Br)cc(OC(F)(F)F)c2)n(-c2cccnc2)n1)N1CCSC1. The zero-order valence-electron chi connectivity index (χ0n) is 15.3. The number of carbonyl (C=O) groups excluding carboxylic acids is 1. The van der Waals surface area contributed by atoms with E-state index in [1.807, 2.05) is 0 Å². The summed E-state index contributed by atoms with van der Waals surface area (Å²) in [4.78, 5) is 18.6. The first-order chi connectivity index (χ1) is 14.3. The quantitative estimate of drug-likeness (QED) is 0.519. The molecule has 2 aromatic heterocycles. The molecule has 0 radical (unpaired) electrons. The van der Waals surface area contributed by atoms with E-state index in [0.717, 1.165) is 5.75 Å². The van der Waals surface area contributed by atoms with Gasteiger partial charge < -0.3 is 9.64 Å². The second kappa shape index (κ2) is 8.31. The van der Waals surface area contributed by atoms with E-state index in [4.69, 9.17) is 0 Å². The highest BCUT2D eigenvalue weighted by Crippen LogP contribution is 2.33. The van der Waals surface area contributed by atoms with Crippen molar-refractivity contribution in [3.8, 4) is 22.7 Å². The number of nitrogens with zero attached hydrogens (tertiary/aromatic N) is 4. The molecule has 1 aliphatic heterocycles. The summed E-state index contributed by atoms with van der Waals surface area (Å²) in [6.07, 6.45) is -1.67. The number of thioether (sulfide) groups is 1. The molecular formula is C19H14BrF3N4O2S. The molecule has 1 saturated heterocycles. The first-order valence-corrected chi connectivity index (χ1v) is 10.7. The van der Waals surface area contributed by atoms with Gasteiger partial charge in [-0.15, -0.1) is 24.9 Å². The third-order valence-corrected chi connectivity index (χ3v) is 5.68. The fraction of sp³-hybridized carbons (Fsp3) is 0.211. The Hall–Kier alpha value is -2.53. The minimum atomic E-state index is -4.82. The van der Waals surface area contributed by atoms with Crippen LogP contribution in [0.5, 0.6) is 5.75 Å². The maximum absolute atomic E-state index is 12.8. The van der Waals surface area contributed by atoms with Crippen molar-refractivity contribution in [3.63, 3.8) is 0 Å². The maximum Gasteiger partial charge on any atom is 0.573 e. The van der Waals surface area contributed by atoms with Gasteiger partial charge in [-0.3, -0.25) is 9.78 Å². The van der Waals surface area contributed by atoms with E-state index in [-0.39, 0.29) is 17.4 Å². The van der Waals surface area contributed by atoms with Crippen LogP contribution in [0, 0.1) is 0 Å². The molecule has 3 heterocycles. The van der Waals surface area contributed by atoms with Crippen LogP contribution in [0.2, 0.25) is 0 Å². The number of hydrogen-bond donors (Lipinski definition) is 0. The molecule has 11 heteroatoms. The standard InChI is InChI=1S/C19H14BrF3N4O2S/c20-13-6-12(7-15(8-13)29-19(21,22)23)17-9-16(18(28)26-4-5-30-11-26)25-27(17)14-2-1-3-24-10-14/h1-3,6-10H,4-5,11H2. The summed E-state index contributed by atoms with van der Waals surface area (Å²) in [6.45, 7) is 0.624. The molecule has 0 aliphatic carbocycles. The third-order valence-electron chi connectivity index (χ3n) is 4.26. The van der Waals surface area contributed by atoms with Gasteiger partial charge in [-0.2, -0.15) is 5.10 Å². The van der Waals surface area contributed by atoms with E-state index >= 15 is 0 Å². The van der Waals surface area contributed by atoms with Gasteiger partial charge in [0.2, 0.25) is 0 Å². The first kappa shape index (κ1) is 20.7. The van der Waals surface area contributed by atoms with Crippen LogP contribution in [0.4, 0.5) is 13.2 Å². The molecule has 4 rings (SSSR count). The molecule has 0 saturated carbocycles. The summed E-state index contributed by atoms with van der Waals surface area (Å²) in [5.74, 6) is 0.820. The van der Waals surface area contributed by atoms with E-state index in [1.165, 1.54) is 16.8 Å². The zero-order chi connectivity index (χ0) is 21.3. The lowest BCUT2D eigenvalue weighted by Gasteiger charge is -2.12. The average molecular weight is 499 g/mol. The Bertz CT molecular complexity index is 1070. The van der Waals surface area contributed by atoms with Gasteiger partial charge in [0, 0.05) is 28.5 Å². The molecule has 156 valence electrons. The van der Waals surface area contributed by atoms with E-state index < -0.39 is 6.36 Å². The second-order valence-corrected chi connectivity index (χ2v) is 8.36. The zero-order valence-corrected chi connectivity index (χ0v) is 17.7. The van der Waals surface area contributed by atoms with Crippen molar-refractivity contribution in [1.29, 1.82) is 0 Å². The number of carbonyl (C=O) groups is 1. The van der Waals surface area contributed by atoms with Crippen molar-refractivity contribution in [1.82, 2.24) is 19.7 Å². The number of amides is 1. The van der Waals surface area contributed by atoms with Crippen molar-refractivity contribution >= 4 is 33.6 Å². The predicted molar refractivity (Wildman–Crippen MR) is 110 cm³/mol. The summed E-state index contributed by atoms with van der Waals surface area (Å²) in [5.41, 5.74) is 1.61. The highest BCUT2D eigenvalue weighted by molar-refractivity contribution is 9.10. The van der Waals surface area contributed by atoms with Crippen molar-refractivity contribution < 1.29 is 22.7 Å². The number of rotatable bonds is 4. The minimum absolute atomic E-state index is 0.203. The summed E-state index contributed by atoms with van der Waals surface area (Å²) in [7, 11) is 0. The van der Waals surface area contributed by atoms with Gasteiger partial charge in [0.15, 0.2) is 5.69 Å². The number of ether oxygens (including phenoxy) is 1. The van der Waals surface area contributed by atoms with Crippen LogP contribution in [0.1, 0.15) is 10.5 Å². The third kappa shape index (κ3) is 4.62. The van der Waals surface area contributed by atoms with Crippen LogP contribution in [-0.2, 0) is 0 Å². The predicted octanol–water partition coefficient (Wildman–Crippen LogP) is 4.74. The van der Waals surface area contributed by atoms with Crippen LogP contribution in [0.15, 0.2) is 53.3 Å². The monoisotopic (exact) mass is 498 g/mol. The second-order valence-electron chi connectivity index (χ2n) is 6.37. The van der Waals surface area contributed by atoms with Gasteiger partial charge >= 0.3 is 6.36 Å². The molecule has 0 bridgehead atoms. The van der Waals surface area contributed by atoms with Crippen LogP contribution < -0.4 is 4.74 Å². The van der Waals surface area contributed by atoms with Gasteiger partial charge in [-0.25, -0.2) is 4.68 Å². The first-order valence-electron chi connectivity index (χ1n) is 8.74. The van der Waals surface area contributed by atoms with Crippen molar-refractivity contribution in [3.05, 3.63) is 59.0 Å². The fourth-order valence-electron chi connectivity index (χ4n) is 3.01. The number of aromatic nitrogens is 3. The smallest absolute Gasteiger partial charge is 0.406 e. The summed E-state index contributed by atoms with van der Waals surface area (Å²) >= 11 is 4.87. The van der Waals surface area contributed by atoms with Crippen LogP contribution >= 0.6 is 27.7 Å². The normalized spacial score (nSPS) is 14.2. The number of benzene rings is 1. The molecule has 1 aromatic carbocycles. The van der Waals surface area contributed by atoms with E-state index in [9.17, 15) is 18.0 Å². The Morgan fingerprint density at radius 1 is 1.23 bits per heavy atom. The Balaban J connectivity index is 1.81. The van der Waals surface area contributed by atoms with Gasteiger partial charge in [0.1, 0.15) is 5.75 Å². The molecule has 1 aliphatic rings. The topological polar surface area (TPSA) is 60.3 Å². The lowest BCUT2D eigenvalue weighted by Crippen LogP contribution is -2.28. The average Bonchev–Trinajstić information content (AvgIpc) is 3.37. The van der Waals surface area contributed by atoms with Crippen LogP contribution in [0.3, 0.4) is 0 Å². The van der Waals surface area contributed by atoms with E-state index in [0.29, 0.717) is 33.8 Å². The van der Waals surface area contributed by atoms with Gasteiger partial charge in [-0.05, 0) is 36.4 Å². The van der Waals surface area contributed by atoms with Crippen molar-refractivity contribution in [2.45, 2.75) is 6.36 Å². The highest BCUT2D eigenvalue weighted by atomic mass is 79.9. The maximum atomic E-state index is 12.8. The van der Waals surface area contributed by atoms with Crippen molar-refractivity contribution in [2.24, 2.45) is 0 Å². The number of alkyl halides is 3. The highest BCUT2D eigenvalue weighted by Gasteiger charge is 2.31. The summed E-state index contributed by atoms with van der Waals surface area (Å²) in [6, 6.07) is 9.12. The lowest BCUT2D eigenvalue weighted by molar-refractivity contribution is -0.274. The molecule has 1 fully saturated rings. The largest absolute Gasteiger partial charge is 0.573 e. The Morgan fingerprint density at radius 2 is 2.07 bits per heavy atom. The number of hydrogen-bond acceptors (Lipinski definition) is 5. The number of halogens is 4. The van der Waals surface area contributed by atoms with E-state index in [1.54, 1.807) is 53.3 Å².